The van der Waals surface area contributed by atoms with Crippen LogP contribution in [0.1, 0.15) is 24.2 Å². The highest BCUT2D eigenvalue weighted by Gasteiger charge is 2.53. The number of fused-ring (bicyclic) bond motifs is 8. The number of rotatable bonds is 2. The lowest BCUT2D eigenvalue weighted by atomic mass is 9.97. The summed E-state index contributed by atoms with van der Waals surface area (Å²) in [6, 6.07) is 44.0. The van der Waals surface area contributed by atoms with E-state index in [0.29, 0.717) is 0 Å². The molecule has 0 amide bonds. The van der Waals surface area contributed by atoms with Crippen molar-refractivity contribution in [3.05, 3.63) is 132 Å². The number of para-hydroxylation sites is 2. The van der Waals surface area contributed by atoms with Gasteiger partial charge in [-0.15, -0.1) is 0 Å². The van der Waals surface area contributed by atoms with Crippen LogP contribution >= 0.6 is 0 Å². The fourth-order valence-corrected chi connectivity index (χ4v) is 6.63. The molecule has 8 rings (SSSR count). The first-order valence-corrected chi connectivity index (χ1v) is 12.6. The van der Waals surface area contributed by atoms with Gasteiger partial charge in [0.05, 0.1) is 22.4 Å². The van der Waals surface area contributed by atoms with E-state index in [1.165, 1.54) is 55.4 Å². The zero-order chi connectivity index (χ0) is 23.9. The lowest BCUT2D eigenvalue weighted by Gasteiger charge is -2.40. The average Bonchev–Trinajstić information content (AvgIpc) is 3.56. The maximum Gasteiger partial charge on any atom is 0.143 e. The normalized spacial score (nSPS) is 19.8. The molecule has 0 saturated heterocycles. The number of aromatic nitrogens is 1. The van der Waals surface area contributed by atoms with Crippen molar-refractivity contribution in [2.24, 2.45) is 0 Å². The van der Waals surface area contributed by atoms with Gasteiger partial charge in [-0.1, -0.05) is 97.1 Å². The third-order valence-corrected chi connectivity index (χ3v) is 8.17. The van der Waals surface area contributed by atoms with E-state index >= 15 is 0 Å². The number of hydrogen-bond donors (Lipinski definition) is 1. The van der Waals surface area contributed by atoms with Crippen LogP contribution in [0.4, 0.5) is 11.4 Å². The summed E-state index contributed by atoms with van der Waals surface area (Å²) < 4.78 is 2.56. The van der Waals surface area contributed by atoms with Crippen LogP contribution in [0.15, 0.2) is 121 Å². The van der Waals surface area contributed by atoms with Gasteiger partial charge in [-0.3, -0.25) is 0 Å². The summed E-state index contributed by atoms with van der Waals surface area (Å²) in [4.78, 5) is 2.60. The van der Waals surface area contributed by atoms with E-state index in [0.717, 1.165) is 0 Å². The van der Waals surface area contributed by atoms with Crippen molar-refractivity contribution in [3.8, 4) is 11.1 Å². The van der Waals surface area contributed by atoms with Crippen LogP contribution < -0.4 is 10.2 Å². The average molecular weight is 464 g/mol. The number of nitrogens with one attached hydrogen (secondary N) is 1. The smallest absolute Gasteiger partial charge is 0.143 e. The minimum absolute atomic E-state index is 0.0761. The highest BCUT2D eigenvalue weighted by molar-refractivity contribution is 6.08. The van der Waals surface area contributed by atoms with E-state index in [2.05, 4.69) is 143 Å². The van der Waals surface area contributed by atoms with Gasteiger partial charge in [0.1, 0.15) is 11.8 Å². The predicted molar refractivity (Wildman–Crippen MR) is 149 cm³/mol. The fourth-order valence-electron chi connectivity index (χ4n) is 6.63. The topological polar surface area (TPSA) is 20.2 Å². The Balaban J connectivity index is 1.45. The molecule has 0 fully saturated rings. The first kappa shape index (κ1) is 19.8. The molecule has 0 saturated carbocycles. The molecule has 0 bridgehead atoms. The Morgan fingerprint density at radius 3 is 2.03 bits per heavy atom. The van der Waals surface area contributed by atoms with Crippen LogP contribution in [-0.2, 0) is 5.66 Å². The molecule has 2 aliphatic heterocycles. The van der Waals surface area contributed by atoms with Crippen LogP contribution in [0.3, 0.4) is 0 Å². The van der Waals surface area contributed by atoms with Crippen LogP contribution in [0.5, 0.6) is 0 Å². The van der Waals surface area contributed by atoms with E-state index in [-0.39, 0.29) is 6.17 Å². The van der Waals surface area contributed by atoms with Crippen LogP contribution in [0.2, 0.25) is 0 Å². The Morgan fingerprint density at radius 1 is 0.639 bits per heavy atom. The van der Waals surface area contributed by atoms with Crippen molar-refractivity contribution in [3.63, 3.8) is 0 Å². The molecule has 3 heteroatoms. The molecule has 1 aromatic heterocycles. The van der Waals surface area contributed by atoms with Crippen molar-refractivity contribution < 1.29 is 0 Å². The molecule has 1 N–H and O–H groups in total. The van der Waals surface area contributed by atoms with E-state index in [4.69, 9.17) is 0 Å². The van der Waals surface area contributed by atoms with Gasteiger partial charge in [-0.2, -0.15) is 0 Å². The Morgan fingerprint density at radius 2 is 1.28 bits per heavy atom. The maximum atomic E-state index is 3.86. The molecule has 5 aromatic carbocycles. The number of nitrogens with zero attached hydrogens (tertiary/aromatic N) is 2. The monoisotopic (exact) mass is 463 g/mol. The fraction of sp³-hybridized carbons (Fsp3) is 0.0909. The third-order valence-electron chi connectivity index (χ3n) is 8.17. The summed E-state index contributed by atoms with van der Waals surface area (Å²) in [5.41, 5.74) is 9.65. The largest absolute Gasteiger partial charge is 0.360 e. The molecule has 2 aliphatic rings. The molecule has 36 heavy (non-hydrogen) atoms. The molecule has 172 valence electrons. The molecule has 3 nitrogen and oxygen atoms in total. The van der Waals surface area contributed by atoms with Gasteiger partial charge in [0, 0.05) is 21.9 Å². The first-order valence-electron chi connectivity index (χ1n) is 12.6. The quantitative estimate of drug-likeness (QED) is 0.280. The summed E-state index contributed by atoms with van der Waals surface area (Å²) >= 11 is 0. The highest BCUT2D eigenvalue weighted by Crippen LogP contribution is 2.57. The van der Waals surface area contributed by atoms with Crippen molar-refractivity contribution in [2.75, 3.05) is 10.2 Å². The van der Waals surface area contributed by atoms with Crippen molar-refractivity contribution in [1.82, 2.24) is 4.57 Å². The Kier molecular flexibility index (Phi) is 3.85. The molecule has 3 heterocycles. The summed E-state index contributed by atoms with van der Waals surface area (Å²) in [6.45, 7) is 2.39. The molecule has 0 aliphatic carbocycles. The highest BCUT2D eigenvalue weighted by atomic mass is 15.5. The molecule has 0 radical (unpaired) electrons. The van der Waals surface area contributed by atoms with Crippen molar-refractivity contribution >= 4 is 33.2 Å². The van der Waals surface area contributed by atoms with Gasteiger partial charge in [0.25, 0.3) is 0 Å². The Bertz CT molecular complexity index is 1750. The van der Waals surface area contributed by atoms with Crippen LogP contribution in [0, 0.1) is 0 Å². The van der Waals surface area contributed by atoms with E-state index in [9.17, 15) is 0 Å². The van der Waals surface area contributed by atoms with Gasteiger partial charge in [-0.25, -0.2) is 0 Å². The molecule has 2 unspecified atom stereocenters. The second-order valence-corrected chi connectivity index (χ2v) is 9.99. The lowest BCUT2D eigenvalue weighted by molar-refractivity contribution is 0.406. The molecule has 0 spiro atoms. The second-order valence-electron chi connectivity index (χ2n) is 9.99. The second kappa shape index (κ2) is 7.02. The molecular formula is C33H25N3. The van der Waals surface area contributed by atoms with Gasteiger partial charge in [-0.05, 0) is 42.3 Å². The van der Waals surface area contributed by atoms with Gasteiger partial charge >= 0.3 is 0 Å². The van der Waals surface area contributed by atoms with Gasteiger partial charge in [0.15, 0.2) is 0 Å². The van der Waals surface area contributed by atoms with Crippen molar-refractivity contribution in [2.45, 2.75) is 18.8 Å². The summed E-state index contributed by atoms with van der Waals surface area (Å²) in [5, 5.41) is 6.44. The lowest BCUT2D eigenvalue weighted by Crippen LogP contribution is -2.45. The number of anilines is 2. The molecular weight excluding hydrogens is 438 g/mol. The predicted octanol–water partition coefficient (Wildman–Crippen LogP) is 8.13. The summed E-state index contributed by atoms with van der Waals surface area (Å²) in [6.07, 6.45) is 0.0761. The van der Waals surface area contributed by atoms with Gasteiger partial charge < -0.3 is 14.8 Å². The standard InChI is InChI=1S/C33H25N3/c1-33(35-29-17-9-6-13-24(29)25-14-7-10-18-30(25)35)27-16-8-5-15-26(27)32-34-28-20-19-23(21-31(28)36(32)33)22-11-3-2-4-12-22/h2-21,32,34H,1H3. The van der Waals surface area contributed by atoms with Crippen LogP contribution in [-0.4, -0.2) is 4.57 Å². The Hall–Kier alpha value is -4.50. The van der Waals surface area contributed by atoms with Crippen LogP contribution in [0.25, 0.3) is 32.9 Å². The third kappa shape index (κ3) is 2.42. The van der Waals surface area contributed by atoms with E-state index in [1.807, 2.05) is 0 Å². The minimum atomic E-state index is -0.419. The Labute approximate surface area is 210 Å². The van der Waals surface area contributed by atoms with E-state index in [1.54, 1.807) is 0 Å². The summed E-state index contributed by atoms with van der Waals surface area (Å²) in [7, 11) is 0. The van der Waals surface area contributed by atoms with Crippen molar-refractivity contribution in [1.29, 1.82) is 0 Å². The molecule has 2 atom stereocenters. The summed E-state index contributed by atoms with van der Waals surface area (Å²) in [5.74, 6) is 0. The first-order chi connectivity index (χ1) is 17.7. The molecule has 6 aromatic rings. The van der Waals surface area contributed by atoms with E-state index < -0.39 is 5.66 Å². The maximum absolute atomic E-state index is 3.86. The zero-order valence-electron chi connectivity index (χ0n) is 20.0. The minimum Gasteiger partial charge on any atom is -0.360 e. The number of benzene rings is 5. The van der Waals surface area contributed by atoms with Gasteiger partial charge in [0.2, 0.25) is 0 Å². The SMILES string of the molecule is CC1(n2c3ccccc3c3ccccc32)c2ccccc2C2Nc3ccc(-c4ccccc4)cc3N21. The zero-order valence-corrected chi connectivity index (χ0v) is 20.0. The number of hydrogen-bond acceptors (Lipinski definition) is 2.